The molecule has 0 amide bonds. The van der Waals surface area contributed by atoms with Gasteiger partial charge in [-0.1, -0.05) is 27.7 Å². The molecule has 1 fully saturated rings. The lowest BCUT2D eigenvalue weighted by molar-refractivity contribution is 0.0598. The number of carbonyl (C=O) groups excluding carboxylic acids is 1. The normalized spacial score (nSPS) is 15.6. The second-order valence-corrected chi connectivity index (χ2v) is 3.85. The van der Waals surface area contributed by atoms with E-state index in [0.29, 0.717) is 6.54 Å². The first-order chi connectivity index (χ1) is 10.6. The van der Waals surface area contributed by atoms with Crippen LogP contribution in [0.4, 0.5) is 4.39 Å². The topological polar surface area (TPSA) is 71.2 Å². The van der Waals surface area contributed by atoms with Crippen molar-refractivity contribution >= 4 is 5.97 Å². The van der Waals surface area contributed by atoms with Gasteiger partial charge in [0, 0.05) is 12.7 Å². The van der Waals surface area contributed by atoms with E-state index in [9.17, 15) is 14.0 Å². The van der Waals surface area contributed by atoms with Crippen LogP contribution < -0.4 is 10.9 Å². The second kappa shape index (κ2) is 15.7. The van der Waals surface area contributed by atoms with Crippen molar-refractivity contribution in [2.75, 3.05) is 20.2 Å². The average molecular weight is 316 g/mol. The quantitative estimate of drug-likeness (QED) is 0.782. The Kier molecular flexibility index (Phi) is 16.1. The fourth-order valence-electron chi connectivity index (χ4n) is 1.50. The summed E-state index contributed by atoms with van der Waals surface area (Å²) < 4.78 is 16.5. The molecule has 1 aromatic heterocycles. The van der Waals surface area contributed by atoms with Crippen LogP contribution in [-0.4, -0.2) is 37.3 Å². The number of aromatic amines is 1. The zero-order chi connectivity index (χ0) is 17.4. The van der Waals surface area contributed by atoms with Gasteiger partial charge in [-0.3, -0.25) is 4.79 Å². The number of nitrogens with one attached hydrogen (secondary N) is 2. The van der Waals surface area contributed by atoms with Crippen LogP contribution in [0.5, 0.6) is 0 Å². The van der Waals surface area contributed by atoms with E-state index in [1.807, 2.05) is 27.7 Å². The van der Waals surface area contributed by atoms with E-state index in [1.54, 1.807) is 6.07 Å². The summed E-state index contributed by atoms with van der Waals surface area (Å²) in [6.07, 6.45) is 2.64. The molecule has 128 valence electrons. The third-order valence-corrected chi connectivity index (χ3v) is 2.46. The molecule has 1 aliphatic rings. The average Bonchev–Trinajstić information content (AvgIpc) is 2.59. The van der Waals surface area contributed by atoms with E-state index in [1.165, 1.54) is 19.4 Å². The number of hydrogen-bond donors (Lipinski definition) is 2. The van der Waals surface area contributed by atoms with Gasteiger partial charge in [0.05, 0.1) is 7.11 Å². The maximum absolute atomic E-state index is 12.1. The van der Waals surface area contributed by atoms with E-state index in [2.05, 4.69) is 15.0 Å². The van der Waals surface area contributed by atoms with Crippen molar-refractivity contribution in [1.82, 2.24) is 10.3 Å². The van der Waals surface area contributed by atoms with Crippen LogP contribution in [-0.2, 0) is 4.74 Å². The Hall–Kier alpha value is -1.69. The highest BCUT2D eigenvalue weighted by atomic mass is 19.1. The van der Waals surface area contributed by atoms with Crippen LogP contribution in [0.25, 0.3) is 0 Å². The minimum absolute atomic E-state index is 0.0231. The molecule has 0 bridgehead atoms. The molecular weight excluding hydrogens is 287 g/mol. The third kappa shape index (κ3) is 10.1. The third-order valence-electron chi connectivity index (χ3n) is 2.46. The molecule has 1 atom stereocenters. The molecule has 0 radical (unpaired) electrons. The maximum Gasteiger partial charge on any atom is 0.343 e. The van der Waals surface area contributed by atoms with Crippen molar-refractivity contribution in [3.8, 4) is 0 Å². The van der Waals surface area contributed by atoms with E-state index < -0.39 is 17.7 Å². The number of aromatic nitrogens is 1. The van der Waals surface area contributed by atoms with Gasteiger partial charge in [0.1, 0.15) is 11.7 Å². The number of alkyl halides is 1. The Labute approximate surface area is 132 Å². The number of hydrogen-bond acceptors (Lipinski definition) is 4. The molecule has 1 saturated heterocycles. The van der Waals surface area contributed by atoms with Gasteiger partial charge >= 0.3 is 5.97 Å². The largest absolute Gasteiger partial charge is 0.465 e. The minimum atomic E-state index is -0.619. The zero-order valence-electron chi connectivity index (χ0n) is 14.2. The van der Waals surface area contributed by atoms with Crippen molar-refractivity contribution in [2.45, 2.75) is 46.7 Å². The summed E-state index contributed by atoms with van der Waals surface area (Å²) in [4.78, 5) is 24.0. The number of halogens is 1. The van der Waals surface area contributed by atoms with Gasteiger partial charge in [-0.2, -0.15) is 0 Å². The summed E-state index contributed by atoms with van der Waals surface area (Å²) in [5.74, 6) is -0.619. The molecule has 5 nitrogen and oxygen atoms in total. The molecule has 6 heteroatoms. The summed E-state index contributed by atoms with van der Waals surface area (Å²) in [6.45, 7) is 9.57. The summed E-state index contributed by atoms with van der Waals surface area (Å²) in [5.41, 5.74) is -0.408. The SMILES string of the molecule is CC.CC.COC(=O)c1ccc[nH]c1=O.F[C@H]1CCCNC1. The van der Waals surface area contributed by atoms with E-state index in [4.69, 9.17) is 0 Å². The molecular formula is C16H29FN2O3. The van der Waals surface area contributed by atoms with Gasteiger partial charge < -0.3 is 15.0 Å². The molecule has 2 rings (SSSR count). The van der Waals surface area contributed by atoms with Crippen molar-refractivity contribution in [3.05, 3.63) is 34.2 Å². The van der Waals surface area contributed by atoms with Crippen molar-refractivity contribution in [3.63, 3.8) is 0 Å². The monoisotopic (exact) mass is 316 g/mol. The maximum atomic E-state index is 12.1. The number of piperidine rings is 1. The molecule has 22 heavy (non-hydrogen) atoms. The minimum Gasteiger partial charge on any atom is -0.465 e. The number of pyridine rings is 1. The molecule has 1 aliphatic heterocycles. The Balaban J connectivity index is 0. The Morgan fingerprint density at radius 2 is 1.95 bits per heavy atom. The first kappa shape index (κ1) is 22.6. The van der Waals surface area contributed by atoms with Crippen LogP contribution in [0, 0.1) is 0 Å². The fourth-order valence-corrected chi connectivity index (χ4v) is 1.50. The van der Waals surface area contributed by atoms with Gasteiger partial charge in [-0.05, 0) is 31.5 Å². The molecule has 2 N–H and O–H groups in total. The number of methoxy groups -OCH3 is 1. The molecule has 0 aromatic carbocycles. The molecule has 2 heterocycles. The number of carbonyl (C=O) groups is 1. The summed E-state index contributed by atoms with van der Waals surface area (Å²) in [6, 6.07) is 2.97. The molecule has 0 spiro atoms. The number of rotatable bonds is 1. The van der Waals surface area contributed by atoms with Crippen LogP contribution in [0.3, 0.4) is 0 Å². The van der Waals surface area contributed by atoms with Crippen molar-refractivity contribution in [2.24, 2.45) is 0 Å². The van der Waals surface area contributed by atoms with Crippen LogP contribution in [0.15, 0.2) is 23.1 Å². The van der Waals surface area contributed by atoms with Gasteiger partial charge in [0.2, 0.25) is 0 Å². The Morgan fingerprint density at radius 1 is 1.32 bits per heavy atom. The first-order valence-electron chi connectivity index (χ1n) is 7.76. The number of H-pyrrole nitrogens is 1. The predicted molar refractivity (Wildman–Crippen MR) is 88.1 cm³/mol. The van der Waals surface area contributed by atoms with Gasteiger partial charge in [0.15, 0.2) is 0 Å². The van der Waals surface area contributed by atoms with Gasteiger partial charge in [0.25, 0.3) is 5.56 Å². The van der Waals surface area contributed by atoms with Crippen LogP contribution >= 0.6 is 0 Å². The Bertz CT molecular complexity index is 429. The highest BCUT2D eigenvalue weighted by Crippen LogP contribution is 2.03. The smallest absolute Gasteiger partial charge is 0.343 e. The second-order valence-electron chi connectivity index (χ2n) is 3.85. The van der Waals surface area contributed by atoms with Gasteiger partial charge in [-0.25, -0.2) is 9.18 Å². The molecule has 0 aliphatic carbocycles. The van der Waals surface area contributed by atoms with Crippen LogP contribution in [0.2, 0.25) is 0 Å². The molecule has 0 unspecified atom stereocenters. The standard InChI is InChI=1S/C7H7NO3.C5H10FN.2C2H6/c1-11-7(10)5-3-2-4-8-6(5)9;6-5-2-1-3-7-4-5;2*1-2/h2-4H,1H3,(H,8,9);5,7H,1-4H2;2*1-2H3/t;5-;;/m.0../s1. The van der Waals surface area contributed by atoms with Gasteiger partial charge in [-0.15, -0.1) is 0 Å². The van der Waals surface area contributed by atoms with Crippen LogP contribution in [0.1, 0.15) is 50.9 Å². The summed E-state index contributed by atoms with van der Waals surface area (Å²) in [5, 5.41) is 2.96. The molecule has 1 aromatic rings. The van der Waals surface area contributed by atoms with Crippen molar-refractivity contribution < 1.29 is 13.9 Å². The number of ether oxygens (including phenoxy) is 1. The number of esters is 1. The fraction of sp³-hybridized carbons (Fsp3) is 0.625. The van der Waals surface area contributed by atoms with Crippen molar-refractivity contribution in [1.29, 1.82) is 0 Å². The van der Waals surface area contributed by atoms with E-state index in [0.717, 1.165) is 19.4 Å². The van der Waals surface area contributed by atoms with E-state index in [-0.39, 0.29) is 5.56 Å². The molecule has 0 saturated carbocycles. The highest BCUT2D eigenvalue weighted by molar-refractivity contribution is 5.88. The summed E-state index contributed by atoms with van der Waals surface area (Å²) in [7, 11) is 1.23. The highest BCUT2D eigenvalue weighted by Gasteiger charge is 2.09. The predicted octanol–water partition coefficient (Wildman–Crippen LogP) is 2.92. The van der Waals surface area contributed by atoms with E-state index >= 15 is 0 Å². The zero-order valence-corrected chi connectivity index (χ0v) is 14.2. The first-order valence-corrected chi connectivity index (χ1v) is 7.76. The lowest BCUT2D eigenvalue weighted by atomic mass is 10.1. The lowest BCUT2D eigenvalue weighted by Gasteiger charge is -2.14. The summed E-state index contributed by atoms with van der Waals surface area (Å²) >= 11 is 0. The Morgan fingerprint density at radius 3 is 2.32 bits per heavy atom. The lowest BCUT2D eigenvalue weighted by Crippen LogP contribution is -2.30.